The maximum atomic E-state index is 12.2. The number of carbonyl (C=O) groups is 1. The van der Waals surface area contributed by atoms with E-state index < -0.39 is 0 Å². The van der Waals surface area contributed by atoms with Gasteiger partial charge in [-0.25, -0.2) is 0 Å². The molecular formula is C15H14ClN3O2. The molecule has 2 aromatic rings. The molecule has 0 radical (unpaired) electrons. The van der Waals surface area contributed by atoms with Crippen LogP contribution in [0, 0.1) is 18.8 Å². The van der Waals surface area contributed by atoms with Crippen LogP contribution in [0.5, 0.6) is 0 Å². The van der Waals surface area contributed by atoms with E-state index in [2.05, 4.69) is 27.4 Å². The van der Waals surface area contributed by atoms with E-state index in [-0.39, 0.29) is 12.5 Å². The topological polar surface area (TPSA) is 78.0 Å². The molecule has 5 nitrogen and oxygen atoms in total. The first-order chi connectivity index (χ1) is 10.1. The molecule has 0 unspecified atom stereocenters. The maximum absolute atomic E-state index is 12.2. The molecule has 0 atom stereocenters. The van der Waals surface area contributed by atoms with Crippen LogP contribution in [-0.2, 0) is 0 Å². The molecule has 0 aliphatic rings. The molecule has 0 spiro atoms. The van der Waals surface area contributed by atoms with Crippen LogP contribution in [-0.4, -0.2) is 27.8 Å². The van der Waals surface area contributed by atoms with Crippen molar-refractivity contribution < 1.29 is 9.90 Å². The molecule has 1 amide bonds. The smallest absolute Gasteiger partial charge is 0.259 e. The average molecular weight is 304 g/mol. The standard InChI is InChI=1S/C15H14ClN3O2/c1-10-13(9-17-19-10)15(21)18-14-8-12(16)6-5-11(14)4-2-3-7-20/h5-6,8-9,20H,3,7H2,1H3,(H,17,19)(H,18,21). The summed E-state index contributed by atoms with van der Waals surface area (Å²) in [5, 5.41) is 18.6. The lowest BCUT2D eigenvalue weighted by atomic mass is 10.1. The van der Waals surface area contributed by atoms with Gasteiger partial charge in [-0.3, -0.25) is 9.89 Å². The van der Waals surface area contributed by atoms with Crippen LogP contribution in [0.25, 0.3) is 0 Å². The Kier molecular flexibility index (Phi) is 4.99. The summed E-state index contributed by atoms with van der Waals surface area (Å²) in [7, 11) is 0. The summed E-state index contributed by atoms with van der Waals surface area (Å²) < 4.78 is 0. The molecule has 0 saturated heterocycles. The second kappa shape index (κ2) is 6.93. The quantitative estimate of drug-likeness (QED) is 0.762. The Morgan fingerprint density at radius 1 is 1.52 bits per heavy atom. The van der Waals surface area contributed by atoms with Crippen LogP contribution in [0.3, 0.4) is 0 Å². The summed E-state index contributed by atoms with van der Waals surface area (Å²) >= 11 is 5.96. The van der Waals surface area contributed by atoms with Crippen molar-refractivity contribution in [2.45, 2.75) is 13.3 Å². The Morgan fingerprint density at radius 2 is 2.33 bits per heavy atom. The van der Waals surface area contributed by atoms with Crippen LogP contribution in [0.1, 0.15) is 28.0 Å². The van der Waals surface area contributed by atoms with Gasteiger partial charge in [-0.05, 0) is 25.1 Å². The number of hydrogen-bond donors (Lipinski definition) is 3. The minimum Gasteiger partial charge on any atom is -0.395 e. The van der Waals surface area contributed by atoms with Crippen molar-refractivity contribution in [3.63, 3.8) is 0 Å². The van der Waals surface area contributed by atoms with E-state index >= 15 is 0 Å². The highest BCUT2D eigenvalue weighted by Crippen LogP contribution is 2.21. The number of anilines is 1. The van der Waals surface area contributed by atoms with Crippen molar-refractivity contribution in [3.05, 3.63) is 46.2 Å². The molecule has 0 aliphatic carbocycles. The molecule has 0 fully saturated rings. The average Bonchev–Trinajstić information content (AvgIpc) is 2.88. The van der Waals surface area contributed by atoms with Crippen LogP contribution in [0.4, 0.5) is 5.69 Å². The molecular weight excluding hydrogens is 290 g/mol. The number of halogens is 1. The zero-order valence-corrected chi connectivity index (χ0v) is 12.2. The van der Waals surface area contributed by atoms with E-state index in [9.17, 15) is 4.79 Å². The van der Waals surface area contributed by atoms with Crippen molar-refractivity contribution in [3.8, 4) is 11.8 Å². The number of aliphatic hydroxyl groups is 1. The summed E-state index contributed by atoms with van der Waals surface area (Å²) in [4.78, 5) is 12.2. The number of benzene rings is 1. The molecule has 2 rings (SSSR count). The molecule has 1 heterocycles. The largest absolute Gasteiger partial charge is 0.395 e. The zero-order chi connectivity index (χ0) is 15.2. The summed E-state index contributed by atoms with van der Waals surface area (Å²) in [5.41, 5.74) is 2.31. The van der Waals surface area contributed by atoms with Gasteiger partial charge in [-0.15, -0.1) is 0 Å². The van der Waals surface area contributed by atoms with Gasteiger partial charge in [0.25, 0.3) is 5.91 Å². The van der Waals surface area contributed by atoms with Crippen molar-refractivity contribution in [1.29, 1.82) is 0 Å². The fraction of sp³-hybridized carbons (Fsp3) is 0.200. The number of aromatic amines is 1. The Bertz CT molecular complexity index is 713. The van der Waals surface area contributed by atoms with Crippen molar-refractivity contribution in [2.75, 3.05) is 11.9 Å². The first-order valence-corrected chi connectivity index (χ1v) is 6.70. The van der Waals surface area contributed by atoms with Crippen LogP contribution in [0.2, 0.25) is 5.02 Å². The highest BCUT2D eigenvalue weighted by molar-refractivity contribution is 6.31. The molecule has 108 valence electrons. The Hall–Kier alpha value is -2.29. The number of carbonyl (C=O) groups excluding carboxylic acids is 1. The predicted octanol–water partition coefficient (Wildman–Crippen LogP) is 2.36. The maximum Gasteiger partial charge on any atom is 0.259 e. The summed E-state index contributed by atoms with van der Waals surface area (Å²) in [6, 6.07) is 5.06. The van der Waals surface area contributed by atoms with Crippen LogP contribution in [0.15, 0.2) is 24.4 Å². The number of aliphatic hydroxyl groups excluding tert-OH is 1. The van der Waals surface area contributed by atoms with E-state index in [4.69, 9.17) is 16.7 Å². The summed E-state index contributed by atoms with van der Waals surface area (Å²) in [6.07, 6.45) is 1.84. The third-order valence-corrected chi connectivity index (χ3v) is 3.00. The zero-order valence-electron chi connectivity index (χ0n) is 11.4. The third kappa shape index (κ3) is 3.85. The van der Waals surface area contributed by atoms with Gasteiger partial charge in [-0.1, -0.05) is 23.4 Å². The number of hydrogen-bond acceptors (Lipinski definition) is 3. The van der Waals surface area contributed by atoms with Gasteiger partial charge in [0.2, 0.25) is 0 Å². The lowest BCUT2D eigenvalue weighted by Crippen LogP contribution is -2.13. The first kappa shape index (κ1) is 15.1. The predicted molar refractivity (Wildman–Crippen MR) is 81.3 cm³/mol. The Morgan fingerprint density at radius 3 is 3.00 bits per heavy atom. The Balaban J connectivity index is 2.27. The SMILES string of the molecule is Cc1[nH]ncc1C(=O)Nc1cc(Cl)ccc1C#CCCO. The van der Waals surface area contributed by atoms with Gasteiger partial charge >= 0.3 is 0 Å². The molecule has 3 N–H and O–H groups in total. The number of nitrogens with zero attached hydrogens (tertiary/aromatic N) is 1. The van der Waals surface area contributed by atoms with Gasteiger partial charge in [0.1, 0.15) is 0 Å². The third-order valence-electron chi connectivity index (χ3n) is 2.76. The molecule has 0 aliphatic heterocycles. The van der Waals surface area contributed by atoms with Gasteiger partial charge in [0.05, 0.1) is 24.1 Å². The number of amides is 1. The van der Waals surface area contributed by atoms with E-state index in [1.807, 2.05) is 0 Å². The van der Waals surface area contributed by atoms with Crippen molar-refractivity contribution >= 4 is 23.2 Å². The number of aryl methyl sites for hydroxylation is 1. The van der Waals surface area contributed by atoms with Gasteiger partial charge in [0.15, 0.2) is 0 Å². The van der Waals surface area contributed by atoms with Gasteiger partial charge in [0, 0.05) is 22.7 Å². The summed E-state index contributed by atoms with van der Waals surface area (Å²) in [5.74, 6) is 5.43. The van der Waals surface area contributed by atoms with Crippen LogP contribution >= 0.6 is 11.6 Å². The number of rotatable bonds is 3. The number of H-pyrrole nitrogens is 1. The number of nitrogens with one attached hydrogen (secondary N) is 2. The van der Waals surface area contributed by atoms with E-state index in [1.54, 1.807) is 25.1 Å². The fourth-order valence-electron chi connectivity index (χ4n) is 1.71. The molecule has 1 aromatic heterocycles. The van der Waals surface area contributed by atoms with Crippen molar-refractivity contribution in [2.24, 2.45) is 0 Å². The first-order valence-electron chi connectivity index (χ1n) is 6.32. The lowest BCUT2D eigenvalue weighted by molar-refractivity contribution is 0.102. The molecule has 0 saturated carbocycles. The summed E-state index contributed by atoms with van der Waals surface area (Å²) in [6.45, 7) is 1.76. The highest BCUT2D eigenvalue weighted by atomic mass is 35.5. The Labute approximate surface area is 127 Å². The second-order valence-electron chi connectivity index (χ2n) is 4.33. The van der Waals surface area contributed by atoms with E-state index in [0.717, 1.165) is 0 Å². The number of aromatic nitrogens is 2. The van der Waals surface area contributed by atoms with Gasteiger partial charge in [-0.2, -0.15) is 5.10 Å². The molecule has 21 heavy (non-hydrogen) atoms. The van der Waals surface area contributed by atoms with Crippen molar-refractivity contribution in [1.82, 2.24) is 10.2 Å². The highest BCUT2D eigenvalue weighted by Gasteiger charge is 2.12. The monoisotopic (exact) mass is 303 g/mol. The molecule has 1 aromatic carbocycles. The van der Waals surface area contributed by atoms with E-state index in [1.165, 1.54) is 6.20 Å². The molecule has 0 bridgehead atoms. The van der Waals surface area contributed by atoms with Crippen LogP contribution < -0.4 is 5.32 Å². The lowest BCUT2D eigenvalue weighted by Gasteiger charge is -2.07. The minimum absolute atomic E-state index is 0.00348. The second-order valence-corrected chi connectivity index (χ2v) is 4.76. The molecule has 6 heteroatoms. The fourth-order valence-corrected chi connectivity index (χ4v) is 1.88. The van der Waals surface area contributed by atoms with E-state index in [0.29, 0.717) is 34.0 Å². The normalized spacial score (nSPS) is 9.86. The van der Waals surface area contributed by atoms with Gasteiger partial charge < -0.3 is 10.4 Å². The minimum atomic E-state index is -0.284.